The molecule has 0 radical (unpaired) electrons. The van der Waals surface area contributed by atoms with Crippen LogP contribution < -0.4 is 5.32 Å². The molecular weight excluding hydrogens is 295 g/mol. The standard InChI is InChI=1S/C15H14ClFN2O2/c16-15-9-14(19(20)21)6-3-12(15)7-8-18-10-11-1-4-13(17)5-2-11/h1-6,9,18H,7-8,10H2. The summed E-state index contributed by atoms with van der Waals surface area (Å²) in [6.07, 6.45) is 0.665. The molecule has 110 valence electrons. The number of nitro groups is 1. The summed E-state index contributed by atoms with van der Waals surface area (Å²) in [5.41, 5.74) is 1.84. The van der Waals surface area contributed by atoms with Gasteiger partial charge in [0.25, 0.3) is 5.69 Å². The van der Waals surface area contributed by atoms with Crippen LogP contribution in [0.25, 0.3) is 0 Å². The summed E-state index contributed by atoms with van der Waals surface area (Å²) in [4.78, 5) is 10.1. The number of hydrogen-bond donors (Lipinski definition) is 1. The van der Waals surface area contributed by atoms with Crippen LogP contribution in [-0.4, -0.2) is 11.5 Å². The van der Waals surface area contributed by atoms with E-state index in [2.05, 4.69) is 5.32 Å². The van der Waals surface area contributed by atoms with Gasteiger partial charge in [-0.25, -0.2) is 4.39 Å². The lowest BCUT2D eigenvalue weighted by Crippen LogP contribution is -2.16. The molecule has 0 aliphatic rings. The van der Waals surface area contributed by atoms with Crippen LogP contribution >= 0.6 is 11.6 Å². The summed E-state index contributed by atoms with van der Waals surface area (Å²) >= 11 is 6.01. The molecule has 0 saturated carbocycles. The Morgan fingerprint density at radius 2 is 1.90 bits per heavy atom. The van der Waals surface area contributed by atoms with Crippen LogP contribution in [-0.2, 0) is 13.0 Å². The molecule has 21 heavy (non-hydrogen) atoms. The number of nitrogens with one attached hydrogen (secondary N) is 1. The Hall–Kier alpha value is -1.98. The Labute approximate surface area is 126 Å². The quantitative estimate of drug-likeness (QED) is 0.503. The third-order valence-corrected chi connectivity index (χ3v) is 3.41. The Kier molecular flexibility index (Phi) is 5.25. The van der Waals surface area contributed by atoms with Crippen molar-refractivity contribution >= 4 is 17.3 Å². The third kappa shape index (κ3) is 4.51. The first-order valence-corrected chi connectivity index (χ1v) is 6.82. The predicted octanol–water partition coefficient (Wildman–Crippen LogP) is 3.72. The van der Waals surface area contributed by atoms with Gasteiger partial charge in [0, 0.05) is 18.7 Å². The average molecular weight is 309 g/mol. The molecule has 4 nitrogen and oxygen atoms in total. The van der Waals surface area contributed by atoms with Crippen molar-refractivity contribution in [2.24, 2.45) is 0 Å². The number of rotatable bonds is 6. The Bertz CT molecular complexity index is 632. The fourth-order valence-electron chi connectivity index (χ4n) is 1.91. The minimum absolute atomic E-state index is 0.0111. The summed E-state index contributed by atoms with van der Waals surface area (Å²) in [6, 6.07) is 10.8. The highest BCUT2D eigenvalue weighted by Crippen LogP contribution is 2.22. The van der Waals surface area contributed by atoms with Crippen molar-refractivity contribution in [2.45, 2.75) is 13.0 Å². The number of halogens is 2. The normalized spacial score (nSPS) is 10.6. The van der Waals surface area contributed by atoms with Crippen molar-refractivity contribution in [2.75, 3.05) is 6.54 Å². The molecule has 0 aliphatic carbocycles. The zero-order valence-electron chi connectivity index (χ0n) is 11.2. The van der Waals surface area contributed by atoms with E-state index < -0.39 is 4.92 Å². The molecule has 2 aromatic carbocycles. The molecule has 0 heterocycles. The van der Waals surface area contributed by atoms with E-state index in [-0.39, 0.29) is 11.5 Å². The van der Waals surface area contributed by atoms with Crippen molar-refractivity contribution in [3.8, 4) is 0 Å². The van der Waals surface area contributed by atoms with E-state index in [1.165, 1.54) is 24.3 Å². The second-order valence-corrected chi connectivity index (χ2v) is 4.99. The molecule has 0 atom stereocenters. The van der Waals surface area contributed by atoms with Crippen LogP contribution in [0.2, 0.25) is 5.02 Å². The van der Waals surface area contributed by atoms with Gasteiger partial charge < -0.3 is 5.32 Å². The van der Waals surface area contributed by atoms with Crippen LogP contribution in [0.1, 0.15) is 11.1 Å². The first kappa shape index (κ1) is 15.4. The topological polar surface area (TPSA) is 55.2 Å². The van der Waals surface area contributed by atoms with Gasteiger partial charge in [0.2, 0.25) is 0 Å². The molecule has 0 bridgehead atoms. The molecule has 0 aliphatic heterocycles. The van der Waals surface area contributed by atoms with Crippen molar-refractivity contribution < 1.29 is 9.31 Å². The maximum atomic E-state index is 12.7. The molecule has 2 aromatic rings. The summed E-state index contributed by atoms with van der Waals surface area (Å²) in [7, 11) is 0. The highest BCUT2D eigenvalue weighted by Gasteiger charge is 2.08. The Balaban J connectivity index is 1.83. The molecule has 0 aromatic heterocycles. The fourth-order valence-corrected chi connectivity index (χ4v) is 2.18. The monoisotopic (exact) mass is 308 g/mol. The molecule has 0 unspecified atom stereocenters. The molecule has 2 rings (SSSR count). The second kappa shape index (κ2) is 7.15. The maximum absolute atomic E-state index is 12.7. The maximum Gasteiger partial charge on any atom is 0.270 e. The van der Waals surface area contributed by atoms with Gasteiger partial charge in [-0.15, -0.1) is 0 Å². The van der Waals surface area contributed by atoms with Crippen LogP contribution in [0, 0.1) is 15.9 Å². The van der Waals surface area contributed by atoms with Crippen LogP contribution in [0.5, 0.6) is 0 Å². The van der Waals surface area contributed by atoms with Gasteiger partial charge in [0.15, 0.2) is 0 Å². The van der Waals surface area contributed by atoms with Gasteiger partial charge >= 0.3 is 0 Å². The van der Waals surface area contributed by atoms with Crippen molar-refractivity contribution in [3.05, 3.63) is 74.5 Å². The minimum atomic E-state index is -0.470. The molecule has 0 spiro atoms. The Morgan fingerprint density at radius 1 is 1.19 bits per heavy atom. The van der Waals surface area contributed by atoms with E-state index in [4.69, 9.17) is 11.6 Å². The van der Waals surface area contributed by atoms with E-state index >= 15 is 0 Å². The van der Waals surface area contributed by atoms with Crippen molar-refractivity contribution in [3.63, 3.8) is 0 Å². The molecule has 1 N–H and O–H groups in total. The molecule has 6 heteroatoms. The van der Waals surface area contributed by atoms with E-state index in [0.717, 1.165) is 11.1 Å². The molecule has 0 fully saturated rings. The minimum Gasteiger partial charge on any atom is -0.312 e. The first-order chi connectivity index (χ1) is 10.1. The lowest BCUT2D eigenvalue weighted by Gasteiger charge is -2.06. The van der Waals surface area contributed by atoms with Crippen LogP contribution in [0.3, 0.4) is 0 Å². The summed E-state index contributed by atoms with van der Waals surface area (Å²) in [6.45, 7) is 1.31. The number of non-ortho nitro benzene ring substituents is 1. The second-order valence-electron chi connectivity index (χ2n) is 4.59. The van der Waals surface area contributed by atoms with Gasteiger partial charge in [-0.05, 0) is 36.2 Å². The number of nitrogens with zero attached hydrogens (tertiary/aromatic N) is 1. The van der Waals surface area contributed by atoms with E-state index in [1.807, 2.05) is 0 Å². The van der Waals surface area contributed by atoms with E-state index in [0.29, 0.717) is 24.5 Å². The summed E-state index contributed by atoms with van der Waals surface area (Å²) in [5, 5.41) is 14.2. The molecular formula is C15H14ClFN2O2. The van der Waals surface area contributed by atoms with Crippen LogP contribution in [0.15, 0.2) is 42.5 Å². The third-order valence-electron chi connectivity index (χ3n) is 3.06. The van der Waals surface area contributed by atoms with Gasteiger partial charge in [-0.1, -0.05) is 29.8 Å². The summed E-state index contributed by atoms with van der Waals surface area (Å²) in [5.74, 6) is -0.253. The van der Waals surface area contributed by atoms with Gasteiger partial charge in [-0.3, -0.25) is 10.1 Å². The number of hydrogen-bond acceptors (Lipinski definition) is 3. The fraction of sp³-hybridized carbons (Fsp3) is 0.200. The molecule has 0 saturated heterocycles. The Morgan fingerprint density at radius 3 is 2.52 bits per heavy atom. The first-order valence-electron chi connectivity index (χ1n) is 6.44. The van der Waals surface area contributed by atoms with E-state index in [9.17, 15) is 14.5 Å². The van der Waals surface area contributed by atoms with Crippen molar-refractivity contribution in [1.29, 1.82) is 0 Å². The van der Waals surface area contributed by atoms with E-state index in [1.54, 1.807) is 18.2 Å². The SMILES string of the molecule is O=[N+]([O-])c1ccc(CCNCc2ccc(F)cc2)c(Cl)c1. The smallest absolute Gasteiger partial charge is 0.270 e. The van der Waals surface area contributed by atoms with Gasteiger partial charge in [0.1, 0.15) is 5.82 Å². The zero-order valence-corrected chi connectivity index (χ0v) is 11.9. The molecule has 0 amide bonds. The largest absolute Gasteiger partial charge is 0.312 e. The summed E-state index contributed by atoms with van der Waals surface area (Å²) < 4.78 is 12.7. The van der Waals surface area contributed by atoms with Crippen LogP contribution in [0.4, 0.5) is 10.1 Å². The number of benzene rings is 2. The van der Waals surface area contributed by atoms with Gasteiger partial charge in [0.05, 0.1) is 9.95 Å². The zero-order chi connectivity index (χ0) is 15.2. The number of nitro benzene ring substituents is 1. The lowest BCUT2D eigenvalue weighted by molar-refractivity contribution is -0.384. The highest BCUT2D eigenvalue weighted by molar-refractivity contribution is 6.31. The highest BCUT2D eigenvalue weighted by atomic mass is 35.5. The lowest BCUT2D eigenvalue weighted by atomic mass is 10.1. The van der Waals surface area contributed by atoms with Crippen molar-refractivity contribution in [1.82, 2.24) is 5.32 Å². The average Bonchev–Trinajstić information content (AvgIpc) is 2.46. The predicted molar refractivity (Wildman–Crippen MR) is 79.9 cm³/mol. The van der Waals surface area contributed by atoms with Gasteiger partial charge in [-0.2, -0.15) is 0 Å².